The summed E-state index contributed by atoms with van der Waals surface area (Å²) in [5.74, 6) is -1.60. The largest absolute Gasteiger partial charge is 0.493 e. The number of nitrogens with one attached hydrogen (secondary N) is 1. The SMILES string of the molecule is COc1ccc2c(c1OC)C(=O)O[C@H]2N1C(=O)CC[C@H]1C(=O)Nc1cc(C(F)(F)F)ccc1Cl. The highest BCUT2D eigenvalue weighted by molar-refractivity contribution is 6.33. The lowest BCUT2D eigenvalue weighted by molar-refractivity contribution is -0.144. The van der Waals surface area contributed by atoms with E-state index in [1.807, 2.05) is 0 Å². The molecule has 0 unspecified atom stereocenters. The number of halogens is 4. The number of carbonyl (C=O) groups excluding carboxylic acids is 3. The molecule has 1 N–H and O–H groups in total. The first-order chi connectivity index (χ1) is 16.1. The number of methoxy groups -OCH3 is 2. The highest BCUT2D eigenvalue weighted by Crippen LogP contribution is 2.45. The van der Waals surface area contributed by atoms with Gasteiger partial charge in [0.2, 0.25) is 18.0 Å². The Bertz CT molecular complexity index is 1190. The van der Waals surface area contributed by atoms with Gasteiger partial charge in [0.05, 0.1) is 30.5 Å². The van der Waals surface area contributed by atoms with Crippen molar-refractivity contribution in [1.29, 1.82) is 0 Å². The van der Waals surface area contributed by atoms with Crippen LogP contribution in [0.4, 0.5) is 18.9 Å². The number of fused-ring (bicyclic) bond motifs is 1. The second kappa shape index (κ2) is 8.71. The fourth-order valence-electron chi connectivity index (χ4n) is 4.06. The predicted octanol–water partition coefficient (Wildman–Crippen LogP) is 4.17. The Morgan fingerprint density at radius 3 is 2.56 bits per heavy atom. The summed E-state index contributed by atoms with van der Waals surface area (Å²) < 4.78 is 55.1. The van der Waals surface area contributed by atoms with Crippen LogP contribution in [0.3, 0.4) is 0 Å². The molecule has 2 atom stereocenters. The number of cyclic esters (lactones) is 1. The first kappa shape index (κ1) is 23.7. The lowest BCUT2D eigenvalue weighted by atomic mass is 10.0. The van der Waals surface area contributed by atoms with Gasteiger partial charge in [0, 0.05) is 12.0 Å². The molecule has 2 amide bonds. The Morgan fingerprint density at radius 1 is 1.18 bits per heavy atom. The number of carbonyl (C=O) groups is 3. The summed E-state index contributed by atoms with van der Waals surface area (Å²) in [6.07, 6.45) is -5.81. The van der Waals surface area contributed by atoms with Crippen LogP contribution >= 0.6 is 11.6 Å². The normalized spacial score (nSPS) is 19.6. The standard InChI is InChI=1S/C22H18ClF3N2O6/c1-32-15-7-4-11-17(18(15)33-2)21(31)34-20(11)28-14(6-8-16(28)29)19(30)27-13-9-10(22(24,25)26)3-5-12(13)23/h3-5,7,9,14,20H,6,8H2,1-2H3,(H,27,30)/t14-,20+/m0/s1. The van der Waals surface area contributed by atoms with Gasteiger partial charge < -0.3 is 19.5 Å². The third-order valence-corrected chi connectivity index (χ3v) is 5.96. The van der Waals surface area contributed by atoms with Gasteiger partial charge >= 0.3 is 12.1 Å². The van der Waals surface area contributed by atoms with Crippen molar-refractivity contribution in [2.75, 3.05) is 19.5 Å². The van der Waals surface area contributed by atoms with Crippen molar-refractivity contribution in [2.45, 2.75) is 31.3 Å². The number of benzene rings is 2. The number of ether oxygens (including phenoxy) is 3. The van der Waals surface area contributed by atoms with Gasteiger partial charge in [-0.05, 0) is 36.8 Å². The molecule has 2 aromatic carbocycles. The van der Waals surface area contributed by atoms with Crippen molar-refractivity contribution >= 4 is 35.1 Å². The second-order valence-electron chi connectivity index (χ2n) is 7.56. The molecule has 12 heteroatoms. The zero-order valence-electron chi connectivity index (χ0n) is 17.9. The van der Waals surface area contributed by atoms with Crippen LogP contribution < -0.4 is 14.8 Å². The maximum absolute atomic E-state index is 13.1. The van der Waals surface area contributed by atoms with Crippen molar-refractivity contribution in [3.63, 3.8) is 0 Å². The van der Waals surface area contributed by atoms with Gasteiger partial charge in [0.15, 0.2) is 11.5 Å². The molecule has 0 aliphatic carbocycles. The lowest BCUT2D eigenvalue weighted by Gasteiger charge is -2.29. The van der Waals surface area contributed by atoms with Crippen LogP contribution in [0.1, 0.15) is 40.6 Å². The zero-order valence-corrected chi connectivity index (χ0v) is 18.6. The molecule has 180 valence electrons. The van der Waals surface area contributed by atoms with E-state index < -0.39 is 41.8 Å². The first-order valence-electron chi connectivity index (χ1n) is 10.0. The third-order valence-electron chi connectivity index (χ3n) is 5.63. The second-order valence-corrected chi connectivity index (χ2v) is 7.97. The molecular formula is C22H18ClF3N2O6. The smallest absolute Gasteiger partial charge is 0.416 e. The van der Waals surface area contributed by atoms with Gasteiger partial charge in [-0.25, -0.2) is 4.79 Å². The fraction of sp³-hybridized carbons (Fsp3) is 0.318. The number of esters is 1. The van der Waals surface area contributed by atoms with Crippen LogP contribution in [-0.2, 0) is 20.5 Å². The van der Waals surface area contributed by atoms with E-state index in [1.165, 1.54) is 26.4 Å². The van der Waals surface area contributed by atoms with E-state index in [9.17, 15) is 27.6 Å². The summed E-state index contributed by atoms with van der Waals surface area (Å²) in [7, 11) is 2.74. The molecule has 0 aromatic heterocycles. The monoisotopic (exact) mass is 498 g/mol. The van der Waals surface area contributed by atoms with Gasteiger partial charge in [-0.3, -0.25) is 14.5 Å². The molecule has 2 aliphatic rings. The summed E-state index contributed by atoms with van der Waals surface area (Å²) >= 11 is 5.98. The minimum absolute atomic E-state index is 0.0227. The number of anilines is 1. The predicted molar refractivity (Wildman–Crippen MR) is 113 cm³/mol. The molecule has 0 radical (unpaired) electrons. The lowest BCUT2D eigenvalue weighted by Crippen LogP contribution is -2.44. The van der Waals surface area contributed by atoms with E-state index in [4.69, 9.17) is 25.8 Å². The van der Waals surface area contributed by atoms with Crippen LogP contribution in [0, 0.1) is 0 Å². The highest BCUT2D eigenvalue weighted by atomic mass is 35.5. The highest BCUT2D eigenvalue weighted by Gasteiger charge is 2.48. The molecule has 0 saturated carbocycles. The Kier molecular flexibility index (Phi) is 6.07. The minimum atomic E-state index is -4.64. The molecule has 0 bridgehead atoms. The van der Waals surface area contributed by atoms with Gasteiger partial charge in [-0.1, -0.05) is 11.6 Å². The van der Waals surface area contributed by atoms with E-state index in [0.717, 1.165) is 17.0 Å². The van der Waals surface area contributed by atoms with Crippen LogP contribution in [0.15, 0.2) is 30.3 Å². The third kappa shape index (κ3) is 4.00. The molecule has 34 heavy (non-hydrogen) atoms. The summed E-state index contributed by atoms with van der Waals surface area (Å²) in [6, 6.07) is 4.46. The molecule has 2 aromatic rings. The van der Waals surface area contributed by atoms with Crippen molar-refractivity contribution in [3.05, 3.63) is 52.0 Å². The van der Waals surface area contributed by atoms with E-state index in [1.54, 1.807) is 0 Å². The van der Waals surface area contributed by atoms with Gasteiger partial charge in [-0.15, -0.1) is 0 Å². The number of amides is 2. The maximum atomic E-state index is 13.1. The maximum Gasteiger partial charge on any atom is 0.416 e. The quantitative estimate of drug-likeness (QED) is 0.622. The Morgan fingerprint density at radius 2 is 1.91 bits per heavy atom. The molecular weight excluding hydrogens is 481 g/mol. The molecule has 0 spiro atoms. The number of likely N-dealkylation sites (tertiary alicyclic amines) is 1. The summed E-state index contributed by atoms with van der Waals surface area (Å²) in [5, 5.41) is 2.26. The van der Waals surface area contributed by atoms with E-state index in [-0.39, 0.29) is 40.6 Å². The summed E-state index contributed by atoms with van der Waals surface area (Å²) in [5.41, 5.74) is -0.887. The molecule has 1 fully saturated rings. The van der Waals surface area contributed by atoms with E-state index in [2.05, 4.69) is 5.32 Å². The minimum Gasteiger partial charge on any atom is -0.493 e. The van der Waals surface area contributed by atoms with Crippen LogP contribution in [0.2, 0.25) is 5.02 Å². The van der Waals surface area contributed by atoms with Crippen LogP contribution in [-0.4, -0.2) is 42.9 Å². The molecule has 2 heterocycles. The molecule has 8 nitrogen and oxygen atoms in total. The number of nitrogens with zero attached hydrogens (tertiary/aromatic N) is 1. The molecule has 1 saturated heterocycles. The Balaban J connectivity index is 1.65. The van der Waals surface area contributed by atoms with E-state index in [0.29, 0.717) is 11.6 Å². The van der Waals surface area contributed by atoms with E-state index >= 15 is 0 Å². The van der Waals surface area contributed by atoms with Crippen LogP contribution in [0.5, 0.6) is 11.5 Å². The number of alkyl halides is 3. The zero-order chi connectivity index (χ0) is 24.8. The first-order valence-corrected chi connectivity index (χ1v) is 10.4. The topological polar surface area (TPSA) is 94.2 Å². The van der Waals surface area contributed by atoms with Crippen molar-refractivity contribution < 1.29 is 41.8 Å². The summed E-state index contributed by atoms with van der Waals surface area (Å²) in [4.78, 5) is 39.4. The average Bonchev–Trinajstić information content (AvgIpc) is 3.33. The van der Waals surface area contributed by atoms with Crippen molar-refractivity contribution in [3.8, 4) is 11.5 Å². The van der Waals surface area contributed by atoms with Crippen molar-refractivity contribution in [2.24, 2.45) is 0 Å². The van der Waals surface area contributed by atoms with Gasteiger partial charge in [-0.2, -0.15) is 13.2 Å². The Labute approximate surface area is 196 Å². The van der Waals surface area contributed by atoms with Gasteiger partial charge in [0.25, 0.3) is 0 Å². The average molecular weight is 499 g/mol. The molecule has 2 aliphatic heterocycles. The number of hydrogen-bond donors (Lipinski definition) is 1. The van der Waals surface area contributed by atoms with Crippen molar-refractivity contribution in [1.82, 2.24) is 4.90 Å². The number of hydrogen-bond acceptors (Lipinski definition) is 6. The van der Waals surface area contributed by atoms with Crippen LogP contribution in [0.25, 0.3) is 0 Å². The molecule has 4 rings (SSSR count). The van der Waals surface area contributed by atoms with Gasteiger partial charge in [0.1, 0.15) is 11.6 Å². The summed E-state index contributed by atoms with van der Waals surface area (Å²) in [6.45, 7) is 0. The fourth-order valence-corrected chi connectivity index (χ4v) is 4.22. The number of rotatable bonds is 5. The Hall–Kier alpha value is -3.47.